The summed E-state index contributed by atoms with van der Waals surface area (Å²) in [6.45, 7) is 0. The molecule has 0 saturated heterocycles. The molecule has 3 aromatic rings. The van der Waals surface area contributed by atoms with Gasteiger partial charge < -0.3 is 14.6 Å². The summed E-state index contributed by atoms with van der Waals surface area (Å²) in [5.41, 5.74) is -0.337. The van der Waals surface area contributed by atoms with Crippen LogP contribution in [-0.2, 0) is 10.1 Å². The fourth-order valence-corrected chi connectivity index (χ4v) is 2.94. The van der Waals surface area contributed by atoms with Crippen molar-refractivity contribution >= 4 is 50.6 Å². The topological polar surface area (TPSA) is 125 Å². The Labute approximate surface area is 158 Å². The molecule has 0 fully saturated rings. The van der Waals surface area contributed by atoms with Crippen molar-refractivity contribution in [1.29, 1.82) is 0 Å². The van der Waals surface area contributed by atoms with Crippen LogP contribution in [0.15, 0.2) is 56.6 Å². The Morgan fingerprint density at radius 1 is 1.00 bits per heavy atom. The third kappa shape index (κ3) is 3.19. The zero-order chi connectivity index (χ0) is 16.8. The van der Waals surface area contributed by atoms with Gasteiger partial charge in [0, 0.05) is 17.7 Å². The second kappa shape index (κ2) is 6.58. The van der Waals surface area contributed by atoms with Crippen LogP contribution in [-0.4, -0.2) is 52.7 Å². The van der Waals surface area contributed by atoms with E-state index in [2.05, 4.69) is 0 Å². The van der Waals surface area contributed by atoms with E-state index in [1.54, 1.807) is 30.3 Å². The zero-order valence-corrected chi connectivity index (χ0v) is 12.2. The Morgan fingerprint density at radius 3 is 2.21 bits per heavy atom. The van der Waals surface area contributed by atoms with Crippen LogP contribution in [0, 0.1) is 0 Å². The van der Waals surface area contributed by atoms with Gasteiger partial charge in [0.1, 0.15) is 22.5 Å². The van der Waals surface area contributed by atoms with Gasteiger partial charge in [-0.25, -0.2) is 0 Å². The van der Waals surface area contributed by atoms with Crippen molar-refractivity contribution in [3.63, 3.8) is 0 Å². The molecule has 1 aromatic heterocycles. The summed E-state index contributed by atoms with van der Waals surface area (Å²) in [5, 5.41) is 19.2. The first-order valence-corrected chi connectivity index (χ1v) is 7.79. The SMILES string of the molecule is O=c1cc(-c2ccccc2)oc2cc(O)c(S(=O)(=O)O)c(O)c12.[NaH]. The number of benzene rings is 2. The van der Waals surface area contributed by atoms with Crippen molar-refractivity contribution in [1.82, 2.24) is 0 Å². The van der Waals surface area contributed by atoms with Gasteiger partial charge >= 0.3 is 39.7 Å². The maximum absolute atomic E-state index is 12.2. The summed E-state index contributed by atoms with van der Waals surface area (Å²) in [5.74, 6) is -1.80. The maximum atomic E-state index is 12.2. The molecule has 0 saturated carbocycles. The van der Waals surface area contributed by atoms with Gasteiger partial charge in [0.25, 0.3) is 0 Å². The second-order valence-corrected chi connectivity index (χ2v) is 6.12. The number of hydrogen-bond acceptors (Lipinski definition) is 6. The molecule has 0 atom stereocenters. The molecule has 0 aliphatic heterocycles. The van der Waals surface area contributed by atoms with Crippen molar-refractivity contribution in [2.45, 2.75) is 4.90 Å². The summed E-state index contributed by atoms with van der Waals surface area (Å²) in [6.07, 6.45) is 0. The van der Waals surface area contributed by atoms with Gasteiger partial charge in [-0.2, -0.15) is 8.42 Å². The van der Waals surface area contributed by atoms with Crippen LogP contribution in [0.25, 0.3) is 22.3 Å². The first-order chi connectivity index (χ1) is 10.8. The number of phenols is 2. The van der Waals surface area contributed by atoms with Gasteiger partial charge in [-0.1, -0.05) is 30.3 Å². The Balaban J connectivity index is 0.00000208. The molecular formula is C15H11NaO7S. The summed E-state index contributed by atoms with van der Waals surface area (Å²) in [6, 6.07) is 10.6. The predicted octanol–water partition coefficient (Wildman–Crippen LogP) is 1.47. The molecule has 120 valence electrons. The second-order valence-electron chi connectivity index (χ2n) is 4.76. The summed E-state index contributed by atoms with van der Waals surface area (Å²) < 4.78 is 37.0. The van der Waals surface area contributed by atoms with Crippen molar-refractivity contribution in [3.05, 3.63) is 52.7 Å². The van der Waals surface area contributed by atoms with Crippen LogP contribution in [0.3, 0.4) is 0 Å². The summed E-state index contributed by atoms with van der Waals surface area (Å²) in [7, 11) is -4.92. The third-order valence-corrected chi connectivity index (χ3v) is 4.16. The van der Waals surface area contributed by atoms with Gasteiger partial charge in [-0.15, -0.1) is 0 Å². The summed E-state index contributed by atoms with van der Waals surface area (Å²) in [4.78, 5) is 11.1. The van der Waals surface area contributed by atoms with E-state index in [9.17, 15) is 23.4 Å². The minimum atomic E-state index is -4.92. The number of rotatable bonds is 2. The van der Waals surface area contributed by atoms with E-state index in [1.165, 1.54) is 0 Å². The van der Waals surface area contributed by atoms with Gasteiger partial charge in [0.2, 0.25) is 0 Å². The average molecular weight is 358 g/mol. The van der Waals surface area contributed by atoms with Crippen molar-refractivity contribution in [3.8, 4) is 22.8 Å². The third-order valence-electron chi connectivity index (χ3n) is 3.24. The molecule has 3 N–H and O–H groups in total. The van der Waals surface area contributed by atoms with E-state index >= 15 is 0 Å². The standard InChI is InChI=1S/C15H10O7S.Na.H/c16-9-6-11(8-4-2-1-3-5-8)22-12-7-10(17)15(23(19,20)21)14(18)13(9)12;;/h1-7,17-18H,(H,19,20,21);;. The molecule has 0 aliphatic rings. The van der Waals surface area contributed by atoms with Crippen LogP contribution in [0.2, 0.25) is 0 Å². The van der Waals surface area contributed by atoms with Crippen molar-refractivity contribution < 1.29 is 27.6 Å². The Kier molecular flexibility index (Phi) is 5.07. The summed E-state index contributed by atoms with van der Waals surface area (Å²) >= 11 is 0. The molecule has 0 spiro atoms. The van der Waals surface area contributed by atoms with E-state index in [-0.39, 0.29) is 40.9 Å². The predicted molar refractivity (Wildman–Crippen MR) is 88.2 cm³/mol. The molecule has 0 unspecified atom stereocenters. The van der Waals surface area contributed by atoms with Gasteiger partial charge in [0.15, 0.2) is 16.1 Å². The first kappa shape index (κ1) is 18.5. The Morgan fingerprint density at radius 2 is 1.62 bits per heavy atom. The molecule has 0 aliphatic carbocycles. The number of hydrogen-bond donors (Lipinski definition) is 3. The van der Waals surface area contributed by atoms with E-state index in [0.29, 0.717) is 5.56 Å². The van der Waals surface area contributed by atoms with Crippen LogP contribution in [0.4, 0.5) is 0 Å². The van der Waals surface area contributed by atoms with Gasteiger partial charge in [0.05, 0.1) is 0 Å². The van der Waals surface area contributed by atoms with Gasteiger partial charge in [-0.3, -0.25) is 9.35 Å². The normalized spacial score (nSPS) is 11.2. The van der Waals surface area contributed by atoms with Crippen molar-refractivity contribution in [2.75, 3.05) is 0 Å². The van der Waals surface area contributed by atoms with Gasteiger partial charge in [-0.05, 0) is 0 Å². The monoisotopic (exact) mass is 358 g/mol. The molecule has 2 aromatic carbocycles. The van der Waals surface area contributed by atoms with E-state index in [0.717, 1.165) is 12.1 Å². The molecule has 24 heavy (non-hydrogen) atoms. The van der Waals surface area contributed by atoms with E-state index in [1.807, 2.05) is 0 Å². The zero-order valence-electron chi connectivity index (χ0n) is 11.4. The quantitative estimate of drug-likeness (QED) is 0.468. The fraction of sp³-hybridized carbons (Fsp3) is 0. The molecule has 1 heterocycles. The van der Waals surface area contributed by atoms with Crippen LogP contribution >= 0.6 is 0 Å². The molecule has 9 heteroatoms. The first-order valence-electron chi connectivity index (χ1n) is 6.35. The number of aromatic hydroxyl groups is 2. The van der Waals surface area contributed by atoms with E-state index in [4.69, 9.17) is 8.97 Å². The molecule has 0 radical (unpaired) electrons. The van der Waals surface area contributed by atoms with Crippen LogP contribution in [0.5, 0.6) is 11.5 Å². The Bertz CT molecular complexity index is 1070. The van der Waals surface area contributed by atoms with Crippen LogP contribution in [0.1, 0.15) is 0 Å². The number of fused-ring (bicyclic) bond motifs is 1. The molecule has 7 nitrogen and oxygen atoms in total. The number of phenolic OH excluding ortho intramolecular Hbond substituents is 2. The average Bonchev–Trinajstić information content (AvgIpc) is 2.45. The molecule has 0 amide bonds. The molecule has 0 bridgehead atoms. The van der Waals surface area contributed by atoms with Crippen LogP contribution < -0.4 is 5.43 Å². The fourth-order valence-electron chi connectivity index (χ4n) is 2.27. The molecular weight excluding hydrogens is 347 g/mol. The van der Waals surface area contributed by atoms with Crippen molar-refractivity contribution in [2.24, 2.45) is 0 Å². The van der Waals surface area contributed by atoms with E-state index < -0.39 is 37.3 Å². The molecule has 3 rings (SSSR count). The Hall–Kier alpha value is -1.84. The minimum absolute atomic E-state index is 0.